The summed E-state index contributed by atoms with van der Waals surface area (Å²) in [6.07, 6.45) is 10.1. The van der Waals surface area contributed by atoms with Gasteiger partial charge in [-0.15, -0.1) is 11.3 Å². The lowest BCUT2D eigenvalue weighted by Gasteiger charge is -2.27. The smallest absolute Gasteiger partial charge is 0.345 e. The molecule has 1 aliphatic rings. The third-order valence-corrected chi connectivity index (χ3v) is 8.20. The number of carbonyl (C=O) groups excluding carboxylic acids is 1. The molecule has 1 aromatic carbocycles. The van der Waals surface area contributed by atoms with Crippen molar-refractivity contribution >= 4 is 23.2 Å². The fraction of sp³-hybridized carbons (Fsp3) is 0.571. The highest BCUT2D eigenvalue weighted by molar-refractivity contribution is 7.13. The molecule has 1 aliphatic heterocycles. The maximum absolute atomic E-state index is 12.4. The van der Waals surface area contributed by atoms with Crippen molar-refractivity contribution in [3.8, 4) is 0 Å². The number of thiophene rings is 1. The van der Waals surface area contributed by atoms with E-state index in [1.165, 1.54) is 29.7 Å². The number of aromatic carboxylic acids is 1. The van der Waals surface area contributed by atoms with Crippen LogP contribution in [-0.2, 0) is 17.6 Å². The average Bonchev–Trinajstić information content (AvgIpc) is 3.45. The predicted octanol–water partition coefficient (Wildman–Crippen LogP) is 5.95. The molecule has 5 nitrogen and oxygen atoms in total. The van der Waals surface area contributed by atoms with Gasteiger partial charge in [-0.3, -0.25) is 4.79 Å². The number of hydrogen-bond donors (Lipinski definition) is 2. The molecule has 2 aromatic rings. The van der Waals surface area contributed by atoms with Crippen LogP contribution in [-0.4, -0.2) is 45.7 Å². The Morgan fingerprint density at radius 3 is 2.59 bits per heavy atom. The number of aryl methyl sites for hydroxylation is 2. The molecule has 186 valence electrons. The average molecular weight is 486 g/mol. The lowest BCUT2D eigenvalue weighted by molar-refractivity contribution is -0.129. The lowest BCUT2D eigenvalue weighted by atomic mass is 9.92. The monoisotopic (exact) mass is 485 g/mol. The summed E-state index contributed by atoms with van der Waals surface area (Å²) in [5.74, 6) is -0.390. The third-order valence-electron chi connectivity index (χ3n) is 7.07. The Morgan fingerprint density at radius 1 is 1.06 bits per heavy atom. The summed E-state index contributed by atoms with van der Waals surface area (Å²) in [5, 5.41) is 19.7. The molecule has 2 heterocycles. The number of carboxylic acids is 1. The van der Waals surface area contributed by atoms with Gasteiger partial charge in [0.15, 0.2) is 0 Å². The van der Waals surface area contributed by atoms with Crippen molar-refractivity contribution in [1.82, 2.24) is 4.90 Å². The van der Waals surface area contributed by atoms with Crippen molar-refractivity contribution in [3.63, 3.8) is 0 Å². The molecule has 2 N–H and O–H groups in total. The number of benzene rings is 1. The van der Waals surface area contributed by atoms with E-state index < -0.39 is 5.97 Å². The molecule has 0 aliphatic carbocycles. The van der Waals surface area contributed by atoms with Crippen LogP contribution in [0.3, 0.4) is 0 Å². The maximum atomic E-state index is 12.4. The van der Waals surface area contributed by atoms with Crippen LogP contribution in [0.1, 0.15) is 84.8 Å². The van der Waals surface area contributed by atoms with E-state index in [0.717, 1.165) is 56.2 Å². The van der Waals surface area contributed by atoms with Gasteiger partial charge in [-0.25, -0.2) is 4.79 Å². The molecule has 1 amide bonds. The summed E-state index contributed by atoms with van der Waals surface area (Å²) < 4.78 is 0. The second-order valence-corrected chi connectivity index (χ2v) is 10.8. The van der Waals surface area contributed by atoms with Gasteiger partial charge in [0, 0.05) is 23.9 Å². The fourth-order valence-electron chi connectivity index (χ4n) is 4.91. The molecule has 1 saturated heterocycles. The highest BCUT2D eigenvalue weighted by Gasteiger charge is 2.31. The first-order valence-electron chi connectivity index (χ1n) is 12.8. The predicted molar refractivity (Wildman–Crippen MR) is 137 cm³/mol. The Hall–Kier alpha value is -2.18. The lowest BCUT2D eigenvalue weighted by Crippen LogP contribution is -2.35. The fourth-order valence-corrected chi connectivity index (χ4v) is 5.80. The molecule has 0 radical (unpaired) electrons. The minimum atomic E-state index is -0.883. The van der Waals surface area contributed by atoms with Gasteiger partial charge in [-0.05, 0) is 75.0 Å². The van der Waals surface area contributed by atoms with E-state index in [0.29, 0.717) is 17.8 Å². The van der Waals surface area contributed by atoms with E-state index in [-0.39, 0.29) is 24.0 Å². The van der Waals surface area contributed by atoms with Crippen LogP contribution in [0.15, 0.2) is 42.5 Å². The van der Waals surface area contributed by atoms with Crippen LogP contribution in [0.2, 0.25) is 0 Å². The van der Waals surface area contributed by atoms with Crippen molar-refractivity contribution in [1.29, 1.82) is 0 Å². The molecular weight excluding hydrogens is 446 g/mol. The SMILES string of the molecule is C[C@@H](CCCCCc1ccccc1)[C@H](O)CC[C@H]1CCC(=O)N1CCCc1ccc(C(=O)O)s1. The maximum Gasteiger partial charge on any atom is 0.345 e. The summed E-state index contributed by atoms with van der Waals surface area (Å²) >= 11 is 1.31. The number of likely N-dealkylation sites (tertiary alicyclic amines) is 1. The summed E-state index contributed by atoms with van der Waals surface area (Å²) in [6.45, 7) is 2.85. The van der Waals surface area contributed by atoms with Gasteiger partial charge < -0.3 is 15.1 Å². The van der Waals surface area contributed by atoms with Gasteiger partial charge in [0.25, 0.3) is 0 Å². The number of aliphatic hydroxyl groups is 1. The van der Waals surface area contributed by atoms with Crippen molar-refractivity contribution in [2.75, 3.05) is 6.54 Å². The van der Waals surface area contributed by atoms with E-state index in [2.05, 4.69) is 37.3 Å². The van der Waals surface area contributed by atoms with E-state index in [9.17, 15) is 14.7 Å². The summed E-state index contributed by atoms with van der Waals surface area (Å²) in [6, 6.07) is 14.3. The largest absolute Gasteiger partial charge is 0.477 e. The molecule has 6 heteroatoms. The van der Waals surface area contributed by atoms with Crippen molar-refractivity contribution in [2.24, 2.45) is 5.92 Å². The van der Waals surface area contributed by atoms with Gasteiger partial charge in [0.1, 0.15) is 4.88 Å². The normalized spacial score (nSPS) is 17.8. The molecule has 1 aromatic heterocycles. The number of carboxylic acid groups (broad SMARTS) is 1. The number of rotatable bonds is 15. The van der Waals surface area contributed by atoms with Crippen LogP contribution in [0.4, 0.5) is 0 Å². The number of unbranched alkanes of at least 4 members (excludes halogenated alkanes) is 2. The quantitative estimate of drug-likeness (QED) is 0.306. The Kier molecular flexibility index (Phi) is 10.6. The highest BCUT2D eigenvalue weighted by atomic mass is 32.1. The van der Waals surface area contributed by atoms with E-state index >= 15 is 0 Å². The minimum absolute atomic E-state index is 0.211. The second kappa shape index (κ2) is 13.6. The molecule has 0 saturated carbocycles. The second-order valence-electron chi connectivity index (χ2n) is 9.66. The van der Waals surface area contributed by atoms with Crippen LogP contribution in [0.5, 0.6) is 0 Å². The van der Waals surface area contributed by atoms with Gasteiger partial charge in [-0.1, -0.05) is 50.1 Å². The Bertz CT molecular complexity index is 897. The Balaban J connectivity index is 1.32. The first-order chi connectivity index (χ1) is 16.4. The molecule has 3 rings (SSSR count). The Morgan fingerprint density at radius 2 is 1.85 bits per heavy atom. The van der Waals surface area contributed by atoms with Crippen molar-refractivity contribution in [2.45, 2.75) is 89.7 Å². The number of amides is 1. The van der Waals surface area contributed by atoms with Gasteiger partial charge in [0.2, 0.25) is 5.91 Å². The molecule has 3 atom stereocenters. The number of aliphatic hydroxyl groups excluding tert-OH is 1. The van der Waals surface area contributed by atoms with Gasteiger partial charge in [0.05, 0.1) is 6.10 Å². The topological polar surface area (TPSA) is 77.8 Å². The van der Waals surface area contributed by atoms with Crippen molar-refractivity contribution < 1.29 is 19.8 Å². The van der Waals surface area contributed by atoms with Crippen molar-refractivity contribution in [3.05, 3.63) is 57.8 Å². The number of hydrogen-bond acceptors (Lipinski definition) is 4. The first kappa shape index (κ1) is 26.4. The minimum Gasteiger partial charge on any atom is -0.477 e. The van der Waals surface area contributed by atoms with Crippen LogP contribution >= 0.6 is 11.3 Å². The molecule has 34 heavy (non-hydrogen) atoms. The van der Waals surface area contributed by atoms with Crippen LogP contribution in [0.25, 0.3) is 0 Å². The zero-order chi connectivity index (χ0) is 24.3. The summed E-state index contributed by atoms with van der Waals surface area (Å²) in [5.41, 5.74) is 1.40. The van der Waals surface area contributed by atoms with Gasteiger partial charge in [-0.2, -0.15) is 0 Å². The van der Waals surface area contributed by atoms with Crippen LogP contribution < -0.4 is 0 Å². The van der Waals surface area contributed by atoms with Crippen LogP contribution in [0, 0.1) is 5.92 Å². The van der Waals surface area contributed by atoms with E-state index in [1.54, 1.807) is 6.07 Å². The Labute approximate surface area is 207 Å². The summed E-state index contributed by atoms with van der Waals surface area (Å²) in [4.78, 5) is 26.8. The zero-order valence-electron chi connectivity index (χ0n) is 20.3. The molecule has 1 fully saturated rings. The van der Waals surface area contributed by atoms with E-state index in [1.807, 2.05) is 11.0 Å². The molecular formula is C28H39NO4S. The molecule has 0 bridgehead atoms. The number of carbonyl (C=O) groups is 2. The standard InChI is InChI=1S/C28H39NO4S/c1-21(9-4-2-5-10-22-11-6-3-7-12-22)25(30)17-14-23-15-19-27(31)29(23)20-8-13-24-16-18-26(34-24)28(32)33/h3,6-7,11-12,16,18,21,23,25,30H,2,4-5,8-10,13-15,17,19-20H2,1H3,(H,32,33)/t21-,23-,25+/m0/s1. The third kappa shape index (κ3) is 8.24. The highest BCUT2D eigenvalue weighted by Crippen LogP contribution is 2.26. The first-order valence-corrected chi connectivity index (χ1v) is 13.6. The molecule has 0 spiro atoms. The number of nitrogens with zero attached hydrogens (tertiary/aromatic N) is 1. The molecule has 0 unspecified atom stereocenters. The van der Waals surface area contributed by atoms with Gasteiger partial charge >= 0.3 is 5.97 Å². The van der Waals surface area contributed by atoms with E-state index in [4.69, 9.17) is 5.11 Å². The zero-order valence-corrected chi connectivity index (χ0v) is 21.1. The summed E-state index contributed by atoms with van der Waals surface area (Å²) in [7, 11) is 0.